The Balaban J connectivity index is 0.00000240. The molecule has 0 atom stereocenters. The van der Waals surface area contributed by atoms with Gasteiger partial charge in [0.2, 0.25) is 6.79 Å². The fourth-order valence-corrected chi connectivity index (χ4v) is 3.48. The Bertz CT molecular complexity index is 822. The van der Waals surface area contributed by atoms with Crippen LogP contribution in [0, 0.1) is 0 Å². The molecule has 156 valence electrons. The van der Waals surface area contributed by atoms with Crippen molar-refractivity contribution in [3.8, 4) is 11.5 Å². The minimum Gasteiger partial charge on any atom is -0.454 e. The average Bonchev–Trinajstić information content (AvgIpc) is 3.42. The van der Waals surface area contributed by atoms with E-state index in [1.54, 1.807) is 7.05 Å². The van der Waals surface area contributed by atoms with E-state index in [-0.39, 0.29) is 24.0 Å². The lowest BCUT2D eigenvalue weighted by Gasteiger charge is -2.16. The first kappa shape index (κ1) is 21.5. The fourth-order valence-electron chi connectivity index (χ4n) is 3.48. The van der Waals surface area contributed by atoms with Crippen LogP contribution in [-0.2, 0) is 13.0 Å². The van der Waals surface area contributed by atoms with E-state index in [1.165, 1.54) is 18.4 Å². The maximum absolute atomic E-state index is 5.43. The largest absolute Gasteiger partial charge is 0.454 e. The van der Waals surface area contributed by atoms with E-state index < -0.39 is 0 Å². The van der Waals surface area contributed by atoms with Crippen LogP contribution >= 0.6 is 24.0 Å². The molecule has 3 heterocycles. The summed E-state index contributed by atoms with van der Waals surface area (Å²) in [6, 6.07) is 10.3. The van der Waals surface area contributed by atoms with Crippen molar-refractivity contribution < 1.29 is 9.47 Å². The van der Waals surface area contributed by atoms with Crippen molar-refractivity contribution in [3.63, 3.8) is 0 Å². The van der Waals surface area contributed by atoms with Crippen LogP contribution in [0.15, 0.2) is 41.5 Å². The molecule has 2 aliphatic heterocycles. The minimum absolute atomic E-state index is 0. The number of hydrogen-bond donors (Lipinski definition) is 2. The second kappa shape index (κ2) is 10.5. The van der Waals surface area contributed by atoms with Crippen LogP contribution in [0.4, 0.5) is 5.82 Å². The number of hydrogen-bond acceptors (Lipinski definition) is 5. The lowest BCUT2D eigenvalue weighted by atomic mass is 10.1. The van der Waals surface area contributed by atoms with Crippen LogP contribution in [0.5, 0.6) is 11.5 Å². The summed E-state index contributed by atoms with van der Waals surface area (Å²) in [6.07, 6.45) is 5.35. The predicted octanol–water partition coefficient (Wildman–Crippen LogP) is 2.94. The summed E-state index contributed by atoms with van der Waals surface area (Å²) in [5.41, 5.74) is 2.34. The number of guanidine groups is 1. The molecule has 4 rings (SSSR count). The SMILES string of the molecule is CN=C(NCCc1ccc2c(c1)OCO2)NCc1ccc(N2CCCC2)nc1.I. The first-order valence-electron chi connectivity index (χ1n) is 9.85. The Hall–Kier alpha value is -2.23. The molecule has 8 heteroatoms. The molecule has 0 radical (unpaired) electrons. The Morgan fingerprint density at radius 3 is 2.62 bits per heavy atom. The number of nitrogens with zero attached hydrogens (tertiary/aromatic N) is 3. The van der Waals surface area contributed by atoms with E-state index in [1.807, 2.05) is 18.3 Å². The molecule has 2 aliphatic rings. The molecule has 0 amide bonds. The molecule has 0 aliphatic carbocycles. The number of anilines is 1. The van der Waals surface area contributed by atoms with Gasteiger partial charge in [0.25, 0.3) is 0 Å². The third kappa shape index (κ3) is 5.65. The minimum atomic E-state index is 0. The molecule has 29 heavy (non-hydrogen) atoms. The van der Waals surface area contributed by atoms with Crippen LogP contribution in [0.1, 0.15) is 24.0 Å². The van der Waals surface area contributed by atoms with Crippen LogP contribution < -0.4 is 25.0 Å². The number of halogens is 1. The number of fused-ring (bicyclic) bond motifs is 1. The molecule has 2 aromatic rings. The Morgan fingerprint density at radius 2 is 1.86 bits per heavy atom. The van der Waals surface area contributed by atoms with Crippen molar-refractivity contribution in [1.82, 2.24) is 15.6 Å². The Morgan fingerprint density at radius 1 is 1.07 bits per heavy atom. The number of aromatic nitrogens is 1. The second-order valence-electron chi connectivity index (χ2n) is 7.01. The van der Waals surface area contributed by atoms with Crippen molar-refractivity contribution in [3.05, 3.63) is 47.7 Å². The molecular weight excluding hydrogens is 481 g/mol. The van der Waals surface area contributed by atoms with Gasteiger partial charge < -0.3 is 25.0 Å². The van der Waals surface area contributed by atoms with Gasteiger partial charge in [-0.3, -0.25) is 4.99 Å². The van der Waals surface area contributed by atoms with Gasteiger partial charge in [0.05, 0.1) is 0 Å². The maximum atomic E-state index is 5.43. The summed E-state index contributed by atoms with van der Waals surface area (Å²) in [5.74, 6) is 3.50. The topological polar surface area (TPSA) is 71.0 Å². The van der Waals surface area contributed by atoms with E-state index in [4.69, 9.17) is 9.47 Å². The van der Waals surface area contributed by atoms with E-state index in [2.05, 4.69) is 43.7 Å². The van der Waals surface area contributed by atoms with E-state index >= 15 is 0 Å². The zero-order valence-corrected chi connectivity index (χ0v) is 19.0. The molecule has 1 aromatic carbocycles. The maximum Gasteiger partial charge on any atom is 0.231 e. The zero-order chi connectivity index (χ0) is 19.2. The number of nitrogens with one attached hydrogen (secondary N) is 2. The Kier molecular flexibility index (Phi) is 7.79. The van der Waals surface area contributed by atoms with Crippen LogP contribution in [0.3, 0.4) is 0 Å². The summed E-state index contributed by atoms with van der Waals surface area (Å²) in [6.45, 7) is 4.01. The highest BCUT2D eigenvalue weighted by atomic mass is 127. The average molecular weight is 509 g/mol. The first-order chi connectivity index (χ1) is 13.8. The number of pyridine rings is 1. The second-order valence-corrected chi connectivity index (χ2v) is 7.01. The first-order valence-corrected chi connectivity index (χ1v) is 9.85. The fraction of sp³-hybridized carbons (Fsp3) is 0.429. The van der Waals surface area contributed by atoms with Gasteiger partial charge in [-0.25, -0.2) is 4.98 Å². The lowest BCUT2D eigenvalue weighted by molar-refractivity contribution is 0.174. The van der Waals surface area contributed by atoms with E-state index in [0.29, 0.717) is 13.3 Å². The summed E-state index contributed by atoms with van der Waals surface area (Å²) in [7, 11) is 1.78. The van der Waals surface area contributed by atoms with Crippen LogP contribution in [0.25, 0.3) is 0 Å². The molecule has 0 bridgehead atoms. The van der Waals surface area contributed by atoms with Gasteiger partial charge in [-0.15, -0.1) is 24.0 Å². The van der Waals surface area contributed by atoms with E-state index in [9.17, 15) is 0 Å². The van der Waals surface area contributed by atoms with Gasteiger partial charge in [0, 0.05) is 39.4 Å². The highest BCUT2D eigenvalue weighted by molar-refractivity contribution is 14.0. The van der Waals surface area contributed by atoms with E-state index in [0.717, 1.165) is 54.9 Å². The van der Waals surface area contributed by atoms with Crippen molar-refractivity contribution in [2.75, 3.05) is 38.4 Å². The van der Waals surface area contributed by atoms with Crippen LogP contribution in [-0.4, -0.2) is 44.4 Å². The van der Waals surface area contributed by atoms with Gasteiger partial charge in [-0.05, 0) is 48.6 Å². The lowest BCUT2D eigenvalue weighted by Crippen LogP contribution is -2.37. The molecule has 1 saturated heterocycles. The normalized spacial score (nSPS) is 15.2. The summed E-state index contributed by atoms with van der Waals surface area (Å²) < 4.78 is 10.8. The molecule has 7 nitrogen and oxygen atoms in total. The van der Waals surface area contributed by atoms with Crippen molar-refractivity contribution in [2.24, 2.45) is 4.99 Å². The summed E-state index contributed by atoms with van der Waals surface area (Å²) in [4.78, 5) is 11.2. The third-order valence-electron chi connectivity index (χ3n) is 5.07. The smallest absolute Gasteiger partial charge is 0.231 e. The quantitative estimate of drug-likeness (QED) is 0.355. The van der Waals surface area contributed by atoms with Gasteiger partial charge in [0.15, 0.2) is 17.5 Å². The summed E-state index contributed by atoms with van der Waals surface area (Å²) in [5, 5.41) is 6.69. The predicted molar refractivity (Wildman–Crippen MR) is 126 cm³/mol. The third-order valence-corrected chi connectivity index (χ3v) is 5.07. The number of ether oxygens (including phenoxy) is 2. The summed E-state index contributed by atoms with van der Waals surface area (Å²) >= 11 is 0. The van der Waals surface area contributed by atoms with Crippen molar-refractivity contribution in [2.45, 2.75) is 25.8 Å². The van der Waals surface area contributed by atoms with Gasteiger partial charge in [-0.2, -0.15) is 0 Å². The molecule has 1 aromatic heterocycles. The molecule has 0 unspecified atom stereocenters. The molecule has 0 spiro atoms. The Labute approximate surface area is 188 Å². The van der Waals surface area contributed by atoms with Gasteiger partial charge >= 0.3 is 0 Å². The zero-order valence-electron chi connectivity index (χ0n) is 16.7. The monoisotopic (exact) mass is 509 g/mol. The number of benzene rings is 1. The molecule has 2 N–H and O–H groups in total. The molecular formula is C21H28IN5O2. The standard InChI is InChI=1S/C21H27N5O2.HI/c1-22-21(23-9-8-16-4-6-18-19(12-16)28-15-27-18)25-14-17-5-7-20(24-13-17)26-10-2-3-11-26;/h4-7,12-13H,2-3,8-11,14-15H2,1H3,(H2,22,23,25);1H. The van der Waals surface area contributed by atoms with Crippen molar-refractivity contribution in [1.29, 1.82) is 0 Å². The highest BCUT2D eigenvalue weighted by Gasteiger charge is 2.14. The number of aliphatic imine (C=N–C) groups is 1. The molecule has 1 fully saturated rings. The van der Waals surface area contributed by atoms with Gasteiger partial charge in [0.1, 0.15) is 5.82 Å². The van der Waals surface area contributed by atoms with Gasteiger partial charge in [-0.1, -0.05) is 12.1 Å². The number of rotatable bonds is 6. The van der Waals surface area contributed by atoms with Crippen molar-refractivity contribution >= 4 is 35.8 Å². The highest BCUT2D eigenvalue weighted by Crippen LogP contribution is 2.32. The van der Waals surface area contributed by atoms with Crippen LogP contribution in [0.2, 0.25) is 0 Å². The molecule has 0 saturated carbocycles.